The van der Waals surface area contributed by atoms with E-state index in [1.807, 2.05) is 19.9 Å². The van der Waals surface area contributed by atoms with Crippen LogP contribution in [0.5, 0.6) is 0 Å². The smallest absolute Gasteiger partial charge is 0.253 e. The molecule has 0 unspecified atom stereocenters. The Hall–Kier alpha value is -1.68. The zero-order valence-electron chi connectivity index (χ0n) is 12.8. The van der Waals surface area contributed by atoms with Crippen LogP contribution in [0.3, 0.4) is 0 Å². The number of amides is 1. The molecule has 0 radical (unpaired) electrons. The molecule has 0 bridgehead atoms. The molecule has 1 saturated heterocycles. The molecule has 1 N–H and O–H groups in total. The van der Waals surface area contributed by atoms with Gasteiger partial charge in [0.1, 0.15) is 0 Å². The summed E-state index contributed by atoms with van der Waals surface area (Å²) in [5.74, 6) is 0.608. The molecule has 0 aromatic carbocycles. The van der Waals surface area contributed by atoms with Crippen molar-refractivity contribution in [1.82, 2.24) is 24.9 Å². The fourth-order valence-electron chi connectivity index (χ4n) is 2.52. The quantitative estimate of drug-likeness (QED) is 0.777. The Kier molecular flexibility index (Phi) is 4.28. The Balaban J connectivity index is 1.60. The molecule has 1 fully saturated rings. The summed E-state index contributed by atoms with van der Waals surface area (Å²) in [6.45, 7) is 3.80. The van der Waals surface area contributed by atoms with Crippen LogP contribution in [0.1, 0.15) is 17.8 Å². The van der Waals surface area contributed by atoms with Gasteiger partial charge in [-0.05, 0) is 26.3 Å². The lowest BCUT2D eigenvalue weighted by Gasteiger charge is -2.09. The molecular weight excluding hydrogens is 338 g/mol. The second-order valence-corrected chi connectivity index (χ2v) is 8.77. The zero-order valence-corrected chi connectivity index (χ0v) is 14.4. The van der Waals surface area contributed by atoms with Crippen molar-refractivity contribution < 1.29 is 13.2 Å². The standard InChI is InChI=1S/C13H17N5O3S2/c1-8-5-9(2)18-12(14-8)16-13(17-18)22-6-11(19)15-10-3-4-23(20,21)7-10/h5,10H,3-4,6-7H2,1-2H3,(H,15,19)/t10-/m1/s1. The predicted octanol–water partition coefficient (Wildman–Crippen LogP) is 0.137. The number of fused-ring (bicyclic) bond motifs is 1. The summed E-state index contributed by atoms with van der Waals surface area (Å²) < 4.78 is 24.4. The van der Waals surface area contributed by atoms with Crippen LogP contribution in [0.4, 0.5) is 0 Å². The molecule has 23 heavy (non-hydrogen) atoms. The van der Waals surface area contributed by atoms with Crippen molar-refractivity contribution in [3.05, 3.63) is 17.5 Å². The number of aromatic nitrogens is 4. The Morgan fingerprint density at radius 3 is 2.91 bits per heavy atom. The van der Waals surface area contributed by atoms with Crippen LogP contribution in [0.25, 0.3) is 5.78 Å². The lowest BCUT2D eigenvalue weighted by Crippen LogP contribution is -2.36. The van der Waals surface area contributed by atoms with Crippen LogP contribution in [0.15, 0.2) is 11.2 Å². The number of nitrogens with zero attached hydrogens (tertiary/aromatic N) is 4. The first-order chi connectivity index (χ1) is 10.8. The number of carbonyl (C=O) groups excluding carboxylic acids is 1. The first-order valence-corrected chi connectivity index (χ1v) is 9.97. The normalized spacial score (nSPS) is 20.0. The van der Waals surface area contributed by atoms with Gasteiger partial charge in [-0.3, -0.25) is 4.79 Å². The number of nitrogens with one attached hydrogen (secondary N) is 1. The van der Waals surface area contributed by atoms with Crippen LogP contribution in [0.2, 0.25) is 0 Å². The third-order valence-corrected chi connectivity index (χ3v) is 6.13. The number of hydrogen-bond acceptors (Lipinski definition) is 7. The highest BCUT2D eigenvalue weighted by Gasteiger charge is 2.28. The monoisotopic (exact) mass is 355 g/mol. The summed E-state index contributed by atoms with van der Waals surface area (Å²) in [6, 6.07) is 1.62. The van der Waals surface area contributed by atoms with Gasteiger partial charge in [0.05, 0.1) is 17.3 Å². The van der Waals surface area contributed by atoms with E-state index in [0.717, 1.165) is 11.4 Å². The van der Waals surface area contributed by atoms with Crippen LogP contribution in [-0.4, -0.2) is 57.2 Å². The average Bonchev–Trinajstić information content (AvgIpc) is 2.99. The molecule has 124 valence electrons. The first-order valence-electron chi connectivity index (χ1n) is 7.16. The number of carbonyl (C=O) groups is 1. The van der Waals surface area contributed by atoms with Gasteiger partial charge in [0, 0.05) is 17.4 Å². The van der Waals surface area contributed by atoms with Crippen molar-refractivity contribution in [3.8, 4) is 0 Å². The van der Waals surface area contributed by atoms with Crippen molar-refractivity contribution in [2.75, 3.05) is 17.3 Å². The van der Waals surface area contributed by atoms with Crippen molar-refractivity contribution in [3.63, 3.8) is 0 Å². The molecule has 2 aromatic rings. The molecule has 0 spiro atoms. The third kappa shape index (κ3) is 3.81. The summed E-state index contributed by atoms with van der Waals surface area (Å²) >= 11 is 1.21. The van der Waals surface area contributed by atoms with Gasteiger partial charge in [-0.2, -0.15) is 4.98 Å². The lowest BCUT2D eigenvalue weighted by atomic mass is 10.3. The molecule has 1 aliphatic rings. The summed E-state index contributed by atoms with van der Waals surface area (Å²) in [7, 11) is -2.99. The predicted molar refractivity (Wildman–Crippen MR) is 86.2 cm³/mol. The van der Waals surface area contributed by atoms with E-state index in [1.54, 1.807) is 4.52 Å². The first kappa shape index (κ1) is 16.2. The number of hydrogen-bond donors (Lipinski definition) is 1. The molecular formula is C13H17N5O3S2. The topological polar surface area (TPSA) is 106 Å². The molecule has 0 aliphatic carbocycles. The van der Waals surface area contributed by atoms with Crippen LogP contribution in [-0.2, 0) is 14.6 Å². The number of rotatable bonds is 4. The van der Waals surface area contributed by atoms with Gasteiger partial charge in [-0.1, -0.05) is 11.8 Å². The van der Waals surface area contributed by atoms with Gasteiger partial charge in [0.15, 0.2) is 9.84 Å². The summed E-state index contributed by atoms with van der Waals surface area (Å²) in [5.41, 5.74) is 1.78. The van der Waals surface area contributed by atoms with Gasteiger partial charge in [-0.25, -0.2) is 17.9 Å². The molecule has 0 saturated carbocycles. The molecule has 1 atom stereocenters. The molecule has 10 heteroatoms. The van der Waals surface area contributed by atoms with Crippen molar-refractivity contribution in [2.24, 2.45) is 0 Å². The van der Waals surface area contributed by atoms with Crippen LogP contribution < -0.4 is 5.32 Å². The van der Waals surface area contributed by atoms with E-state index in [4.69, 9.17) is 0 Å². The average molecular weight is 355 g/mol. The van der Waals surface area contributed by atoms with Crippen molar-refractivity contribution in [2.45, 2.75) is 31.5 Å². The highest BCUT2D eigenvalue weighted by atomic mass is 32.2. The summed E-state index contributed by atoms with van der Waals surface area (Å²) in [4.78, 5) is 20.5. The summed E-state index contributed by atoms with van der Waals surface area (Å²) in [6.07, 6.45) is 0.480. The minimum atomic E-state index is -2.99. The molecule has 2 aromatic heterocycles. The van der Waals surface area contributed by atoms with E-state index in [-0.39, 0.29) is 29.2 Å². The maximum Gasteiger partial charge on any atom is 0.253 e. The van der Waals surface area contributed by atoms with Gasteiger partial charge >= 0.3 is 0 Å². The largest absolute Gasteiger partial charge is 0.352 e. The van der Waals surface area contributed by atoms with Gasteiger partial charge in [0.25, 0.3) is 5.78 Å². The van der Waals surface area contributed by atoms with Gasteiger partial charge in [0.2, 0.25) is 11.1 Å². The Labute approximate surface area is 138 Å². The molecule has 3 heterocycles. The Bertz CT molecular complexity index is 862. The Morgan fingerprint density at radius 1 is 1.43 bits per heavy atom. The van der Waals surface area contributed by atoms with Crippen LogP contribution >= 0.6 is 11.8 Å². The molecule has 1 amide bonds. The van der Waals surface area contributed by atoms with E-state index in [0.29, 0.717) is 17.4 Å². The number of thioether (sulfide) groups is 1. The molecule has 8 nitrogen and oxygen atoms in total. The number of aryl methyl sites for hydroxylation is 2. The highest BCUT2D eigenvalue weighted by molar-refractivity contribution is 7.99. The highest BCUT2D eigenvalue weighted by Crippen LogP contribution is 2.16. The van der Waals surface area contributed by atoms with E-state index in [1.165, 1.54) is 11.8 Å². The van der Waals surface area contributed by atoms with E-state index >= 15 is 0 Å². The lowest BCUT2D eigenvalue weighted by molar-refractivity contribution is -0.119. The molecule has 3 rings (SSSR count). The maximum atomic E-state index is 11.9. The SMILES string of the molecule is Cc1cc(C)n2nc(SCC(=O)N[C@@H]3CCS(=O)(=O)C3)nc2n1. The second kappa shape index (κ2) is 6.08. The van der Waals surface area contributed by atoms with Crippen molar-refractivity contribution in [1.29, 1.82) is 0 Å². The van der Waals surface area contributed by atoms with Crippen LogP contribution in [0, 0.1) is 13.8 Å². The van der Waals surface area contributed by atoms with Gasteiger partial charge < -0.3 is 5.32 Å². The minimum Gasteiger partial charge on any atom is -0.352 e. The zero-order chi connectivity index (χ0) is 16.6. The minimum absolute atomic E-state index is 0.0262. The fourth-order valence-corrected chi connectivity index (χ4v) is 4.82. The van der Waals surface area contributed by atoms with Gasteiger partial charge in [-0.15, -0.1) is 5.10 Å². The second-order valence-electron chi connectivity index (χ2n) is 5.60. The summed E-state index contributed by atoms with van der Waals surface area (Å²) in [5, 5.41) is 7.53. The maximum absolute atomic E-state index is 11.9. The van der Waals surface area contributed by atoms with Crippen molar-refractivity contribution >= 4 is 33.3 Å². The van der Waals surface area contributed by atoms with E-state index < -0.39 is 9.84 Å². The molecule has 1 aliphatic heterocycles. The number of sulfone groups is 1. The van der Waals surface area contributed by atoms with E-state index in [2.05, 4.69) is 20.4 Å². The Morgan fingerprint density at radius 2 is 2.22 bits per heavy atom. The fraction of sp³-hybridized carbons (Fsp3) is 0.538. The third-order valence-electron chi connectivity index (χ3n) is 3.53. The van der Waals surface area contributed by atoms with E-state index in [9.17, 15) is 13.2 Å².